The number of nitrogens with one attached hydrogen (secondary N) is 1. The molecule has 0 aliphatic heterocycles. The summed E-state index contributed by atoms with van der Waals surface area (Å²) in [5.74, 6) is 0.114. The summed E-state index contributed by atoms with van der Waals surface area (Å²) in [7, 11) is -0.608. The maximum Gasteiger partial charge on any atom is 0.355 e. The third-order valence-electron chi connectivity index (χ3n) is 4.20. The summed E-state index contributed by atoms with van der Waals surface area (Å²) in [4.78, 5) is 12.3. The molecule has 8 heteroatoms. The van der Waals surface area contributed by atoms with Crippen molar-refractivity contribution < 1.29 is 22.7 Å². The number of aromatic nitrogens is 1. The van der Waals surface area contributed by atoms with Gasteiger partial charge in [0.25, 0.3) is 0 Å². The van der Waals surface area contributed by atoms with E-state index in [1.807, 2.05) is 0 Å². The van der Waals surface area contributed by atoms with Crippen molar-refractivity contribution >= 4 is 16.0 Å². The SMILES string of the molecule is CCOC(=O)c1c(C)c(S(=O)(=O)NCc2cccc(OC)c2)c(C)n1C. The summed E-state index contributed by atoms with van der Waals surface area (Å²) in [6.45, 7) is 5.31. The van der Waals surface area contributed by atoms with E-state index < -0.39 is 16.0 Å². The van der Waals surface area contributed by atoms with E-state index in [4.69, 9.17) is 9.47 Å². The molecule has 0 aliphatic carbocycles. The molecule has 2 aromatic rings. The van der Waals surface area contributed by atoms with Crippen LogP contribution in [0.2, 0.25) is 0 Å². The molecular weight excluding hydrogens is 356 g/mol. The van der Waals surface area contributed by atoms with Crippen LogP contribution in [0.15, 0.2) is 29.2 Å². The summed E-state index contributed by atoms with van der Waals surface area (Å²) in [6.07, 6.45) is 0. The second-order valence-electron chi connectivity index (χ2n) is 5.84. The van der Waals surface area contributed by atoms with Crippen molar-refractivity contribution in [2.45, 2.75) is 32.2 Å². The van der Waals surface area contributed by atoms with Gasteiger partial charge in [-0.1, -0.05) is 12.1 Å². The average molecular weight is 380 g/mol. The van der Waals surface area contributed by atoms with Crippen LogP contribution in [0.4, 0.5) is 0 Å². The van der Waals surface area contributed by atoms with E-state index in [-0.39, 0.29) is 23.7 Å². The lowest BCUT2D eigenvalue weighted by Crippen LogP contribution is -2.24. The van der Waals surface area contributed by atoms with E-state index in [0.717, 1.165) is 5.56 Å². The fraction of sp³-hybridized carbons (Fsp3) is 0.389. The molecule has 0 fully saturated rings. The minimum absolute atomic E-state index is 0.103. The van der Waals surface area contributed by atoms with Crippen LogP contribution in [0, 0.1) is 13.8 Å². The van der Waals surface area contributed by atoms with Gasteiger partial charge in [0.05, 0.1) is 13.7 Å². The minimum Gasteiger partial charge on any atom is -0.497 e. The minimum atomic E-state index is -3.81. The number of hydrogen-bond donors (Lipinski definition) is 1. The fourth-order valence-corrected chi connectivity index (χ4v) is 4.40. The molecule has 1 heterocycles. The van der Waals surface area contributed by atoms with Crippen LogP contribution < -0.4 is 9.46 Å². The zero-order chi connectivity index (χ0) is 19.5. The molecule has 26 heavy (non-hydrogen) atoms. The number of carbonyl (C=O) groups excluding carboxylic acids is 1. The van der Waals surface area contributed by atoms with Gasteiger partial charge < -0.3 is 14.0 Å². The number of sulfonamides is 1. The van der Waals surface area contributed by atoms with Gasteiger partial charge >= 0.3 is 5.97 Å². The Morgan fingerprint density at radius 1 is 1.27 bits per heavy atom. The molecule has 1 aromatic carbocycles. The van der Waals surface area contributed by atoms with Gasteiger partial charge in [0.2, 0.25) is 10.0 Å². The van der Waals surface area contributed by atoms with Gasteiger partial charge in [-0.05, 0) is 38.5 Å². The molecule has 0 unspecified atom stereocenters. The molecule has 1 aromatic heterocycles. The third kappa shape index (κ3) is 3.91. The Kier molecular flexibility index (Phi) is 6.09. The lowest BCUT2D eigenvalue weighted by Gasteiger charge is -2.09. The Bertz CT molecular complexity index is 916. The van der Waals surface area contributed by atoms with Crippen LogP contribution in [-0.2, 0) is 28.4 Å². The van der Waals surface area contributed by atoms with Crippen LogP contribution in [-0.4, -0.2) is 32.7 Å². The Hall–Kier alpha value is -2.32. The van der Waals surface area contributed by atoms with Crippen LogP contribution in [0.5, 0.6) is 5.75 Å². The summed E-state index contributed by atoms with van der Waals surface area (Å²) in [5, 5.41) is 0. The van der Waals surface area contributed by atoms with Crippen LogP contribution in [0.3, 0.4) is 0 Å². The topological polar surface area (TPSA) is 86.6 Å². The summed E-state index contributed by atoms with van der Waals surface area (Å²) < 4.78 is 40.0. The Morgan fingerprint density at radius 2 is 1.96 bits per heavy atom. The number of esters is 1. The van der Waals surface area contributed by atoms with Gasteiger partial charge in [-0.25, -0.2) is 17.9 Å². The molecule has 142 valence electrons. The Labute approximate surface area is 154 Å². The quantitative estimate of drug-likeness (QED) is 0.745. The highest BCUT2D eigenvalue weighted by Crippen LogP contribution is 2.26. The number of benzene rings is 1. The summed E-state index contributed by atoms with van der Waals surface area (Å²) >= 11 is 0. The number of nitrogens with zero attached hydrogens (tertiary/aromatic N) is 1. The monoisotopic (exact) mass is 380 g/mol. The van der Waals surface area contributed by atoms with E-state index in [1.54, 1.807) is 63.8 Å². The maximum absolute atomic E-state index is 12.8. The van der Waals surface area contributed by atoms with E-state index in [2.05, 4.69) is 4.72 Å². The van der Waals surface area contributed by atoms with Crippen molar-refractivity contribution in [2.24, 2.45) is 7.05 Å². The van der Waals surface area contributed by atoms with Gasteiger partial charge in [0.15, 0.2) is 0 Å². The first-order valence-corrected chi connectivity index (χ1v) is 9.66. The van der Waals surface area contributed by atoms with Crippen molar-refractivity contribution in [2.75, 3.05) is 13.7 Å². The largest absolute Gasteiger partial charge is 0.497 e. The highest BCUT2D eigenvalue weighted by atomic mass is 32.2. The molecule has 0 amide bonds. The second-order valence-corrected chi connectivity index (χ2v) is 7.55. The molecule has 0 aliphatic rings. The highest BCUT2D eigenvalue weighted by Gasteiger charge is 2.29. The van der Waals surface area contributed by atoms with E-state index in [1.165, 1.54) is 0 Å². The molecule has 1 N–H and O–H groups in total. The lowest BCUT2D eigenvalue weighted by molar-refractivity contribution is 0.0514. The van der Waals surface area contributed by atoms with E-state index in [9.17, 15) is 13.2 Å². The molecule has 0 saturated heterocycles. The first kappa shape index (κ1) is 20.0. The fourth-order valence-electron chi connectivity index (χ4n) is 2.87. The molecule has 2 rings (SSSR count). The highest BCUT2D eigenvalue weighted by molar-refractivity contribution is 7.89. The standard InChI is InChI=1S/C18H24N2O5S/c1-6-25-18(21)16-12(2)17(13(3)20(16)4)26(22,23)19-11-14-8-7-9-15(10-14)24-5/h7-10,19H,6,11H2,1-5H3. The number of rotatable bonds is 7. The predicted octanol–water partition coefficient (Wildman–Crippen LogP) is 2.31. The molecule has 0 atom stereocenters. The maximum atomic E-state index is 12.8. The normalized spacial score (nSPS) is 11.4. The van der Waals surface area contributed by atoms with Crippen LogP contribution in [0.25, 0.3) is 0 Å². The van der Waals surface area contributed by atoms with Gasteiger partial charge in [0, 0.05) is 24.8 Å². The zero-order valence-corrected chi connectivity index (χ0v) is 16.4. The predicted molar refractivity (Wildman–Crippen MR) is 97.9 cm³/mol. The first-order chi connectivity index (χ1) is 12.2. The summed E-state index contributed by atoms with van der Waals surface area (Å²) in [5.41, 5.74) is 1.86. The van der Waals surface area contributed by atoms with Gasteiger partial charge in [-0.3, -0.25) is 0 Å². The van der Waals surface area contributed by atoms with Crippen molar-refractivity contribution in [1.82, 2.24) is 9.29 Å². The Balaban J connectivity index is 2.34. The number of ether oxygens (including phenoxy) is 2. The molecular formula is C18H24N2O5S. The van der Waals surface area contributed by atoms with Crippen molar-refractivity contribution in [3.8, 4) is 5.75 Å². The smallest absolute Gasteiger partial charge is 0.355 e. The number of carbonyl (C=O) groups is 1. The number of hydrogen-bond acceptors (Lipinski definition) is 5. The lowest BCUT2D eigenvalue weighted by atomic mass is 10.2. The summed E-state index contributed by atoms with van der Waals surface area (Å²) in [6, 6.07) is 7.15. The average Bonchev–Trinajstić information content (AvgIpc) is 2.83. The van der Waals surface area contributed by atoms with Crippen molar-refractivity contribution in [1.29, 1.82) is 0 Å². The van der Waals surface area contributed by atoms with Crippen LogP contribution in [0.1, 0.15) is 34.2 Å². The van der Waals surface area contributed by atoms with Gasteiger partial charge in [-0.2, -0.15) is 0 Å². The first-order valence-electron chi connectivity index (χ1n) is 8.18. The van der Waals surface area contributed by atoms with E-state index in [0.29, 0.717) is 17.0 Å². The number of methoxy groups -OCH3 is 1. The zero-order valence-electron chi connectivity index (χ0n) is 15.6. The molecule has 0 spiro atoms. The van der Waals surface area contributed by atoms with Crippen LogP contribution >= 0.6 is 0 Å². The van der Waals surface area contributed by atoms with E-state index >= 15 is 0 Å². The van der Waals surface area contributed by atoms with Crippen molar-refractivity contribution in [3.05, 3.63) is 46.8 Å². The van der Waals surface area contributed by atoms with Gasteiger partial charge in [-0.15, -0.1) is 0 Å². The van der Waals surface area contributed by atoms with Gasteiger partial charge in [0.1, 0.15) is 16.3 Å². The second kappa shape index (κ2) is 7.92. The molecule has 0 bridgehead atoms. The van der Waals surface area contributed by atoms with Crippen molar-refractivity contribution in [3.63, 3.8) is 0 Å². The third-order valence-corrected chi connectivity index (χ3v) is 5.86. The molecule has 0 saturated carbocycles. The molecule has 7 nitrogen and oxygen atoms in total. The Morgan fingerprint density at radius 3 is 2.58 bits per heavy atom. The molecule has 0 radical (unpaired) electrons.